The summed E-state index contributed by atoms with van der Waals surface area (Å²) in [6, 6.07) is 22.0. The Hall–Kier alpha value is -10.0. The van der Waals surface area contributed by atoms with Crippen molar-refractivity contribution < 1.29 is 52.7 Å². The summed E-state index contributed by atoms with van der Waals surface area (Å²) in [5, 5.41) is 60.0. The SMILES string of the molecule is COc1cc(N=Nc2cc3c4c(c2OCCN2C(=O)C=CC2=O)CCCN4CCC3)c(OC)cc1N=Nc1ccc([N+](=O)[O-])cc1.COc1cc(N=Nc2cc3c4c(c2OCCNC(=O)CI)CCCN4CCC3)c(OC)cc1N=Nc1ccc([N+](=O)[O-])cc1. The Morgan fingerprint density at radius 3 is 1.27 bits per heavy atom. The lowest BCUT2D eigenvalue weighted by Gasteiger charge is -2.37. The van der Waals surface area contributed by atoms with Crippen LogP contribution in [0.2, 0.25) is 0 Å². The minimum absolute atomic E-state index is 0.0324. The molecule has 0 aliphatic carbocycles. The third-order valence-corrected chi connectivity index (χ3v) is 16.0. The number of imide groups is 1. The molecule has 0 spiro atoms. The van der Waals surface area contributed by atoms with Crippen molar-refractivity contribution in [2.75, 3.05) is 95.1 Å². The molecule has 90 heavy (non-hydrogen) atoms. The molecule has 28 heteroatoms. The molecular formula is C62H63IN14O13. The molecule has 0 saturated heterocycles. The van der Waals surface area contributed by atoms with Crippen LogP contribution in [-0.4, -0.2) is 118 Å². The highest BCUT2D eigenvalue weighted by Crippen LogP contribution is 2.50. The van der Waals surface area contributed by atoms with Crippen LogP contribution in [0.5, 0.6) is 34.5 Å². The number of anilines is 2. The number of nitrogens with zero attached hydrogens (tertiary/aromatic N) is 13. The predicted octanol–water partition coefficient (Wildman–Crippen LogP) is 13.5. The van der Waals surface area contributed by atoms with Crippen LogP contribution in [0.4, 0.5) is 68.2 Å². The lowest BCUT2D eigenvalue weighted by molar-refractivity contribution is -0.385. The van der Waals surface area contributed by atoms with Gasteiger partial charge in [0.2, 0.25) is 5.91 Å². The first-order valence-corrected chi connectivity index (χ1v) is 30.5. The Bertz CT molecular complexity index is 3860. The van der Waals surface area contributed by atoms with Gasteiger partial charge in [-0.1, -0.05) is 22.6 Å². The lowest BCUT2D eigenvalue weighted by atomic mass is 9.90. The number of halogens is 1. The Morgan fingerprint density at radius 1 is 0.522 bits per heavy atom. The van der Waals surface area contributed by atoms with E-state index in [1.54, 1.807) is 24.3 Å². The minimum atomic E-state index is -0.484. The van der Waals surface area contributed by atoms with Gasteiger partial charge in [0.05, 0.1) is 67.2 Å². The number of carbonyl (C=O) groups is 3. The molecule has 0 fully saturated rings. The number of ether oxygens (including phenoxy) is 6. The molecular weight excluding hydrogens is 1280 g/mol. The van der Waals surface area contributed by atoms with Crippen molar-refractivity contribution in [3.63, 3.8) is 0 Å². The highest BCUT2D eigenvalue weighted by atomic mass is 127. The van der Waals surface area contributed by atoms with E-state index in [-0.39, 0.29) is 42.2 Å². The van der Waals surface area contributed by atoms with Crippen molar-refractivity contribution in [1.82, 2.24) is 10.2 Å². The van der Waals surface area contributed by atoms with Gasteiger partial charge in [-0.3, -0.25) is 39.5 Å². The van der Waals surface area contributed by atoms with E-state index in [0.29, 0.717) is 97.6 Å². The van der Waals surface area contributed by atoms with Gasteiger partial charge in [-0.15, -0.1) is 30.7 Å². The normalized spacial score (nSPS) is 14.8. The zero-order chi connectivity index (χ0) is 63.3. The van der Waals surface area contributed by atoms with Gasteiger partial charge in [0, 0.05) is 109 Å². The number of non-ortho nitro benzene ring substituents is 2. The maximum Gasteiger partial charge on any atom is 0.269 e. The van der Waals surface area contributed by atoms with E-state index >= 15 is 0 Å². The topological polar surface area (TPSA) is 314 Å². The summed E-state index contributed by atoms with van der Waals surface area (Å²) in [6.07, 6.45) is 10.2. The fraction of sp³-hybridized carbons (Fsp3) is 0.339. The van der Waals surface area contributed by atoms with E-state index in [2.05, 4.69) is 62.1 Å². The van der Waals surface area contributed by atoms with Crippen LogP contribution in [-0.2, 0) is 40.1 Å². The van der Waals surface area contributed by atoms with Gasteiger partial charge in [-0.25, -0.2) is 0 Å². The number of hydrogen-bond donors (Lipinski definition) is 1. The number of azo groups is 4. The molecule has 0 aromatic heterocycles. The quantitative estimate of drug-likeness (QED) is 0.0119. The number of hydrogen-bond acceptors (Lipinski definition) is 23. The fourth-order valence-electron chi connectivity index (χ4n) is 11.1. The molecule has 3 amide bonds. The van der Waals surface area contributed by atoms with Gasteiger partial charge in [-0.2, -0.15) is 10.2 Å². The number of rotatable bonds is 23. The minimum Gasteiger partial charge on any atom is -0.494 e. The number of nitro groups is 2. The number of nitrogens with one attached hydrogen (secondary N) is 1. The molecule has 5 heterocycles. The molecule has 0 radical (unpaired) electrons. The third-order valence-electron chi connectivity index (χ3n) is 15.3. The first-order valence-electron chi connectivity index (χ1n) is 28.9. The highest BCUT2D eigenvalue weighted by Gasteiger charge is 2.32. The van der Waals surface area contributed by atoms with Crippen LogP contribution in [0, 0.1) is 20.2 Å². The molecule has 6 aromatic rings. The molecule has 5 aliphatic heterocycles. The smallest absolute Gasteiger partial charge is 0.269 e. The molecule has 0 bridgehead atoms. The first-order chi connectivity index (χ1) is 43.8. The number of methoxy groups -OCH3 is 4. The van der Waals surface area contributed by atoms with Crippen molar-refractivity contribution >= 4 is 109 Å². The van der Waals surface area contributed by atoms with Gasteiger partial charge in [-0.05, 0) is 98.9 Å². The average molecular weight is 1340 g/mol. The molecule has 466 valence electrons. The highest BCUT2D eigenvalue weighted by molar-refractivity contribution is 14.1. The van der Waals surface area contributed by atoms with Gasteiger partial charge < -0.3 is 43.5 Å². The van der Waals surface area contributed by atoms with Gasteiger partial charge in [0.25, 0.3) is 23.2 Å². The van der Waals surface area contributed by atoms with Crippen LogP contribution in [0.25, 0.3) is 0 Å². The molecule has 27 nitrogen and oxygen atoms in total. The number of aryl methyl sites for hydroxylation is 2. The van der Waals surface area contributed by atoms with Gasteiger partial charge >= 0.3 is 0 Å². The third kappa shape index (κ3) is 14.6. The average Bonchev–Trinajstić information content (AvgIpc) is 1.16. The van der Waals surface area contributed by atoms with E-state index in [4.69, 9.17) is 28.4 Å². The standard InChI is InChI=1S/C32H31N7O7.C30H32IN7O6/c1-44-27-19-25(28(45-2)18-24(27)34-33-21-7-9-22(10-8-21)39(42)43)35-36-26-17-20-5-3-13-37-14-4-6-23(31(20)37)32(26)46-16-15-38-29(40)11-12-30(38)41;1-42-26-17-24(27(43-2)16-23(26)34-33-20-7-9-21(10-8-20)38(40)41)35-36-25-15-19-5-3-12-37-13-4-6-22(29(19)37)30(25)44-14-11-32-28(39)18-31/h7-12,17-19H,3-6,13-16H2,1-2H3;7-10,15-17H,3-6,11-14,18H2,1-2H3,(H,32,39). The van der Waals surface area contributed by atoms with Gasteiger partial charge in [0.1, 0.15) is 70.3 Å². The van der Waals surface area contributed by atoms with Crippen molar-refractivity contribution in [3.8, 4) is 34.5 Å². The molecule has 1 N–H and O–H groups in total. The summed E-state index contributed by atoms with van der Waals surface area (Å²) in [7, 11) is 6.02. The molecule has 6 aromatic carbocycles. The second kappa shape index (κ2) is 29.3. The maximum absolute atomic E-state index is 12.1. The van der Waals surface area contributed by atoms with Crippen LogP contribution < -0.4 is 43.5 Å². The summed E-state index contributed by atoms with van der Waals surface area (Å²) in [5.74, 6) is 2.04. The van der Waals surface area contributed by atoms with Crippen molar-refractivity contribution in [1.29, 1.82) is 0 Å². The van der Waals surface area contributed by atoms with Crippen LogP contribution in [0.1, 0.15) is 47.9 Å². The van der Waals surface area contributed by atoms with Gasteiger partial charge in [0.15, 0.2) is 11.5 Å². The molecule has 11 rings (SSSR count). The van der Waals surface area contributed by atoms with E-state index in [1.165, 1.54) is 112 Å². The monoisotopic (exact) mass is 1340 g/mol. The number of amides is 3. The number of alkyl halides is 1. The Morgan fingerprint density at radius 2 is 0.889 bits per heavy atom. The number of nitro benzene ring substituents is 2. The second-order valence-electron chi connectivity index (χ2n) is 20.9. The molecule has 0 saturated carbocycles. The molecule has 5 aliphatic rings. The molecule has 0 unspecified atom stereocenters. The van der Waals surface area contributed by atoms with Crippen LogP contribution >= 0.6 is 22.6 Å². The molecule has 0 atom stereocenters. The van der Waals surface area contributed by atoms with Crippen molar-refractivity contribution in [3.05, 3.63) is 140 Å². The number of benzene rings is 6. The number of carbonyl (C=O) groups excluding carboxylic acids is 3. The zero-order valence-corrected chi connectivity index (χ0v) is 51.9. The summed E-state index contributed by atoms with van der Waals surface area (Å²) >= 11 is 2.03. The Labute approximate surface area is 530 Å². The first kappa shape index (κ1) is 63.0. The zero-order valence-electron chi connectivity index (χ0n) is 49.8. The van der Waals surface area contributed by atoms with Crippen LogP contribution in [0.3, 0.4) is 0 Å². The van der Waals surface area contributed by atoms with Crippen LogP contribution in [0.15, 0.2) is 138 Å². The Kier molecular flexibility index (Phi) is 20.5. The predicted molar refractivity (Wildman–Crippen MR) is 341 cm³/mol. The summed E-state index contributed by atoms with van der Waals surface area (Å²) < 4.78 is 35.3. The van der Waals surface area contributed by atoms with E-state index in [1.807, 2.05) is 28.7 Å². The summed E-state index contributed by atoms with van der Waals surface area (Å²) in [6.45, 7) is 4.93. The van der Waals surface area contributed by atoms with Crippen molar-refractivity contribution in [2.24, 2.45) is 40.9 Å². The fourth-order valence-corrected chi connectivity index (χ4v) is 11.4. The van der Waals surface area contributed by atoms with Crippen molar-refractivity contribution in [2.45, 2.75) is 51.4 Å². The van der Waals surface area contributed by atoms with E-state index in [9.17, 15) is 34.6 Å². The Balaban J connectivity index is 0.000000198. The largest absolute Gasteiger partial charge is 0.494 e. The lowest BCUT2D eigenvalue weighted by Crippen LogP contribution is -2.35. The summed E-state index contributed by atoms with van der Waals surface area (Å²) in [5.41, 5.74) is 10.5. The summed E-state index contributed by atoms with van der Waals surface area (Å²) in [4.78, 5) is 62.7. The van der Waals surface area contributed by atoms with E-state index in [0.717, 1.165) is 93.6 Å². The van der Waals surface area contributed by atoms with E-state index < -0.39 is 9.85 Å². The maximum atomic E-state index is 12.1. The second-order valence-corrected chi connectivity index (χ2v) is 21.7.